The predicted molar refractivity (Wildman–Crippen MR) is 71.7 cm³/mol. The topological polar surface area (TPSA) is 72.4 Å². The van der Waals surface area contributed by atoms with Crippen molar-refractivity contribution in [3.63, 3.8) is 0 Å². The Morgan fingerprint density at radius 2 is 1.89 bits per heavy atom. The summed E-state index contributed by atoms with van der Waals surface area (Å²) in [5.41, 5.74) is 0. The summed E-state index contributed by atoms with van der Waals surface area (Å²) in [7, 11) is 3.87. The normalized spacial score (nSPS) is 17.2. The summed E-state index contributed by atoms with van der Waals surface area (Å²) in [6.45, 7) is 4.47. The average Bonchev–Trinajstić information content (AvgIpc) is 2.41. The Morgan fingerprint density at radius 1 is 1.21 bits per heavy atom. The average molecular weight is 267 g/mol. The van der Waals surface area contributed by atoms with E-state index in [0.29, 0.717) is 24.6 Å². The van der Waals surface area contributed by atoms with Gasteiger partial charge in [0.05, 0.1) is 6.61 Å². The highest BCUT2D eigenvalue weighted by Crippen LogP contribution is 2.18. The molecule has 0 unspecified atom stereocenters. The Labute approximate surface area is 113 Å². The minimum Gasteiger partial charge on any atom is -0.464 e. The van der Waals surface area contributed by atoms with Crippen molar-refractivity contribution in [2.45, 2.75) is 25.9 Å². The van der Waals surface area contributed by atoms with Crippen LogP contribution in [0.3, 0.4) is 0 Å². The summed E-state index contributed by atoms with van der Waals surface area (Å²) in [6, 6.07) is 0.627. The third-order valence-electron chi connectivity index (χ3n) is 3.03. The largest absolute Gasteiger partial charge is 0.464 e. The van der Waals surface area contributed by atoms with Crippen LogP contribution in [-0.2, 0) is 0 Å². The second kappa shape index (κ2) is 6.51. The third-order valence-corrected chi connectivity index (χ3v) is 3.03. The zero-order valence-electron chi connectivity index (χ0n) is 11.7. The van der Waals surface area contributed by atoms with Crippen molar-refractivity contribution in [3.8, 4) is 12.0 Å². The highest BCUT2D eigenvalue weighted by Gasteiger charge is 2.20. The van der Waals surface area contributed by atoms with Gasteiger partial charge in [0.1, 0.15) is 6.10 Å². The molecule has 2 rings (SSSR count). The second-order valence-corrected chi connectivity index (χ2v) is 4.53. The molecular formula is C12H21N5O2. The zero-order valence-corrected chi connectivity index (χ0v) is 11.7. The summed E-state index contributed by atoms with van der Waals surface area (Å²) < 4.78 is 11.1. The van der Waals surface area contributed by atoms with Gasteiger partial charge in [-0.05, 0) is 26.8 Å². The maximum atomic E-state index is 5.82. The minimum atomic E-state index is 0.165. The molecule has 106 valence electrons. The SMILES string of the molecule is CCOc1nc(NC)nc(OC2CCN(C)CC2)n1. The van der Waals surface area contributed by atoms with Crippen LogP contribution in [0.5, 0.6) is 12.0 Å². The molecule has 0 atom stereocenters. The summed E-state index contributed by atoms with van der Waals surface area (Å²) in [5.74, 6) is 0.460. The van der Waals surface area contributed by atoms with Crippen molar-refractivity contribution in [1.82, 2.24) is 19.9 Å². The van der Waals surface area contributed by atoms with Crippen LogP contribution >= 0.6 is 0 Å². The van der Waals surface area contributed by atoms with Crippen molar-refractivity contribution in [3.05, 3.63) is 0 Å². The highest BCUT2D eigenvalue weighted by atomic mass is 16.5. The molecule has 7 nitrogen and oxygen atoms in total. The van der Waals surface area contributed by atoms with Crippen molar-refractivity contribution >= 4 is 5.95 Å². The van der Waals surface area contributed by atoms with E-state index >= 15 is 0 Å². The van der Waals surface area contributed by atoms with Crippen LogP contribution in [0.2, 0.25) is 0 Å². The van der Waals surface area contributed by atoms with E-state index in [1.807, 2.05) is 6.92 Å². The van der Waals surface area contributed by atoms with E-state index in [9.17, 15) is 0 Å². The summed E-state index contributed by atoms with van der Waals surface area (Å²) >= 11 is 0. The van der Waals surface area contributed by atoms with Gasteiger partial charge < -0.3 is 19.7 Å². The minimum absolute atomic E-state index is 0.165. The number of rotatable bonds is 5. The molecule has 19 heavy (non-hydrogen) atoms. The summed E-state index contributed by atoms with van der Waals surface area (Å²) in [5, 5.41) is 2.88. The lowest BCUT2D eigenvalue weighted by Crippen LogP contribution is -2.36. The van der Waals surface area contributed by atoms with E-state index in [2.05, 4.69) is 32.2 Å². The van der Waals surface area contributed by atoms with E-state index in [1.165, 1.54) is 0 Å². The Balaban J connectivity index is 2.04. The first-order valence-electron chi connectivity index (χ1n) is 6.63. The lowest BCUT2D eigenvalue weighted by Gasteiger charge is -2.28. The molecule has 1 aromatic heterocycles. The number of hydrogen-bond acceptors (Lipinski definition) is 7. The fourth-order valence-corrected chi connectivity index (χ4v) is 1.95. The maximum absolute atomic E-state index is 5.82. The number of aromatic nitrogens is 3. The van der Waals surface area contributed by atoms with Gasteiger partial charge in [-0.2, -0.15) is 9.97 Å². The molecular weight excluding hydrogens is 246 g/mol. The van der Waals surface area contributed by atoms with Gasteiger partial charge in [-0.25, -0.2) is 0 Å². The molecule has 0 radical (unpaired) electrons. The van der Waals surface area contributed by atoms with Gasteiger partial charge in [-0.3, -0.25) is 0 Å². The standard InChI is InChI=1S/C12H21N5O2/c1-4-18-11-14-10(13-2)15-12(16-11)19-9-5-7-17(3)8-6-9/h9H,4-8H2,1-3H3,(H,13,14,15,16). The number of anilines is 1. The second-order valence-electron chi connectivity index (χ2n) is 4.53. The van der Waals surface area contributed by atoms with E-state index in [4.69, 9.17) is 9.47 Å². The van der Waals surface area contributed by atoms with Crippen LogP contribution in [-0.4, -0.2) is 59.7 Å². The Bertz CT molecular complexity index is 407. The zero-order chi connectivity index (χ0) is 13.7. The fourth-order valence-electron chi connectivity index (χ4n) is 1.95. The van der Waals surface area contributed by atoms with Crippen LogP contribution in [0.25, 0.3) is 0 Å². The summed E-state index contributed by atoms with van der Waals surface area (Å²) in [4.78, 5) is 14.8. The molecule has 0 aromatic carbocycles. The Kier molecular flexibility index (Phi) is 4.73. The molecule has 0 saturated carbocycles. The predicted octanol–water partition coefficient (Wildman–Crippen LogP) is 0.785. The van der Waals surface area contributed by atoms with E-state index in [0.717, 1.165) is 25.9 Å². The molecule has 0 amide bonds. The molecule has 7 heteroatoms. The van der Waals surface area contributed by atoms with Gasteiger partial charge in [-0.1, -0.05) is 0 Å². The highest BCUT2D eigenvalue weighted by molar-refractivity contribution is 5.26. The lowest BCUT2D eigenvalue weighted by molar-refractivity contribution is 0.104. The molecule has 1 fully saturated rings. The van der Waals surface area contributed by atoms with E-state index in [1.54, 1.807) is 7.05 Å². The molecule has 0 aliphatic carbocycles. The van der Waals surface area contributed by atoms with Gasteiger partial charge in [0.2, 0.25) is 5.95 Å². The summed E-state index contributed by atoms with van der Waals surface area (Å²) in [6.07, 6.45) is 2.14. The van der Waals surface area contributed by atoms with Gasteiger partial charge in [-0.15, -0.1) is 4.98 Å². The molecule has 0 bridgehead atoms. The molecule has 1 aromatic rings. The number of likely N-dealkylation sites (tertiary alicyclic amines) is 1. The quantitative estimate of drug-likeness (QED) is 0.845. The van der Waals surface area contributed by atoms with E-state index < -0.39 is 0 Å². The first kappa shape index (κ1) is 13.8. The van der Waals surface area contributed by atoms with Crippen LogP contribution in [0.15, 0.2) is 0 Å². The van der Waals surface area contributed by atoms with Crippen molar-refractivity contribution in [2.75, 3.05) is 39.1 Å². The molecule has 1 aliphatic heterocycles. The third kappa shape index (κ3) is 3.92. The van der Waals surface area contributed by atoms with E-state index in [-0.39, 0.29) is 6.10 Å². The lowest BCUT2D eigenvalue weighted by atomic mass is 10.1. The molecule has 2 heterocycles. The van der Waals surface area contributed by atoms with Crippen molar-refractivity contribution in [2.24, 2.45) is 0 Å². The van der Waals surface area contributed by atoms with Crippen LogP contribution in [0.4, 0.5) is 5.95 Å². The van der Waals surface area contributed by atoms with Gasteiger partial charge in [0, 0.05) is 20.1 Å². The molecule has 0 spiro atoms. The first-order valence-corrected chi connectivity index (χ1v) is 6.63. The van der Waals surface area contributed by atoms with Gasteiger partial charge >= 0.3 is 12.0 Å². The fraction of sp³-hybridized carbons (Fsp3) is 0.750. The van der Waals surface area contributed by atoms with Gasteiger partial charge in [0.25, 0.3) is 0 Å². The molecule has 1 N–H and O–H groups in total. The number of nitrogens with one attached hydrogen (secondary N) is 1. The van der Waals surface area contributed by atoms with Crippen LogP contribution < -0.4 is 14.8 Å². The molecule has 1 saturated heterocycles. The van der Waals surface area contributed by atoms with Crippen molar-refractivity contribution in [1.29, 1.82) is 0 Å². The smallest absolute Gasteiger partial charge is 0.324 e. The number of hydrogen-bond donors (Lipinski definition) is 1. The number of ether oxygens (including phenoxy) is 2. The first-order chi connectivity index (χ1) is 9.21. The Morgan fingerprint density at radius 3 is 2.53 bits per heavy atom. The number of nitrogens with zero attached hydrogens (tertiary/aromatic N) is 4. The van der Waals surface area contributed by atoms with Crippen LogP contribution in [0, 0.1) is 0 Å². The van der Waals surface area contributed by atoms with Gasteiger partial charge in [0.15, 0.2) is 0 Å². The molecule has 1 aliphatic rings. The van der Waals surface area contributed by atoms with Crippen LogP contribution in [0.1, 0.15) is 19.8 Å². The number of piperidine rings is 1. The maximum Gasteiger partial charge on any atom is 0.324 e. The Hall–Kier alpha value is -1.63. The van der Waals surface area contributed by atoms with Crippen molar-refractivity contribution < 1.29 is 9.47 Å². The monoisotopic (exact) mass is 267 g/mol.